The van der Waals surface area contributed by atoms with Gasteiger partial charge in [0.25, 0.3) is 0 Å². The average Bonchev–Trinajstić information content (AvgIpc) is 2.86. The van der Waals surface area contributed by atoms with Crippen molar-refractivity contribution in [1.29, 1.82) is 0 Å². The van der Waals surface area contributed by atoms with E-state index in [2.05, 4.69) is 5.32 Å². The molecule has 18 heavy (non-hydrogen) atoms. The molecule has 0 radical (unpaired) electrons. The molecule has 2 heterocycles. The number of hydrogen-bond donors (Lipinski definition) is 2. The van der Waals surface area contributed by atoms with Crippen molar-refractivity contribution >= 4 is 12.0 Å². The zero-order chi connectivity index (χ0) is 13.0. The Morgan fingerprint density at radius 1 is 1.33 bits per heavy atom. The molecular formula is C12H20N2O4. The van der Waals surface area contributed by atoms with E-state index in [4.69, 9.17) is 9.84 Å². The molecule has 1 unspecified atom stereocenters. The van der Waals surface area contributed by atoms with Crippen LogP contribution < -0.4 is 5.32 Å². The van der Waals surface area contributed by atoms with Crippen LogP contribution in [0.15, 0.2) is 0 Å². The first kappa shape index (κ1) is 13.1. The predicted molar refractivity (Wildman–Crippen MR) is 64.3 cm³/mol. The third-order valence-corrected chi connectivity index (χ3v) is 3.60. The highest BCUT2D eigenvalue weighted by atomic mass is 16.5. The van der Waals surface area contributed by atoms with E-state index in [9.17, 15) is 9.59 Å². The van der Waals surface area contributed by atoms with Crippen LogP contribution in [0.2, 0.25) is 0 Å². The van der Waals surface area contributed by atoms with E-state index < -0.39 is 12.0 Å². The van der Waals surface area contributed by atoms with Crippen molar-refractivity contribution in [3.63, 3.8) is 0 Å². The lowest BCUT2D eigenvalue weighted by Gasteiger charge is -2.25. The Morgan fingerprint density at radius 3 is 2.83 bits per heavy atom. The van der Waals surface area contributed by atoms with Gasteiger partial charge in [-0.25, -0.2) is 9.59 Å². The second-order valence-electron chi connectivity index (χ2n) is 4.96. The van der Waals surface area contributed by atoms with Crippen LogP contribution in [-0.2, 0) is 9.53 Å². The molecule has 102 valence electrons. The fraction of sp³-hybridized carbons (Fsp3) is 0.833. The minimum absolute atomic E-state index is 0.259. The van der Waals surface area contributed by atoms with Gasteiger partial charge in [0.1, 0.15) is 6.04 Å². The number of urea groups is 1. The highest BCUT2D eigenvalue weighted by Crippen LogP contribution is 2.18. The minimum Gasteiger partial charge on any atom is -0.480 e. The number of nitrogens with zero attached hydrogens (tertiary/aromatic N) is 1. The van der Waals surface area contributed by atoms with Crippen LogP contribution in [0.4, 0.5) is 4.79 Å². The van der Waals surface area contributed by atoms with Gasteiger partial charge in [0.15, 0.2) is 0 Å². The summed E-state index contributed by atoms with van der Waals surface area (Å²) in [5.41, 5.74) is 0. The van der Waals surface area contributed by atoms with Crippen LogP contribution in [0.1, 0.15) is 25.7 Å². The molecule has 2 aliphatic rings. The van der Waals surface area contributed by atoms with Crippen molar-refractivity contribution in [3.05, 3.63) is 0 Å². The van der Waals surface area contributed by atoms with Gasteiger partial charge >= 0.3 is 12.0 Å². The third kappa shape index (κ3) is 3.13. The highest BCUT2D eigenvalue weighted by Gasteiger charge is 2.34. The number of ether oxygens (including phenoxy) is 1. The lowest BCUT2D eigenvalue weighted by atomic mass is 10.0. The maximum absolute atomic E-state index is 11.9. The number of carbonyl (C=O) groups excluding carboxylic acids is 1. The summed E-state index contributed by atoms with van der Waals surface area (Å²) in [6.45, 7) is 2.59. The lowest BCUT2D eigenvalue weighted by molar-refractivity contribution is -0.141. The third-order valence-electron chi connectivity index (χ3n) is 3.60. The van der Waals surface area contributed by atoms with Gasteiger partial charge in [0, 0.05) is 19.7 Å². The molecule has 0 spiro atoms. The van der Waals surface area contributed by atoms with E-state index in [0.717, 1.165) is 25.9 Å². The Hall–Kier alpha value is -1.30. The number of carboxylic acids is 1. The second kappa shape index (κ2) is 6.04. The quantitative estimate of drug-likeness (QED) is 0.778. The Bertz CT molecular complexity index is 315. The van der Waals surface area contributed by atoms with E-state index in [0.29, 0.717) is 32.0 Å². The lowest BCUT2D eigenvalue weighted by Crippen LogP contribution is -2.47. The molecular weight excluding hydrogens is 236 g/mol. The summed E-state index contributed by atoms with van der Waals surface area (Å²) < 4.78 is 5.34. The summed E-state index contributed by atoms with van der Waals surface area (Å²) in [6, 6.07) is -0.918. The van der Waals surface area contributed by atoms with Crippen LogP contribution in [0.5, 0.6) is 0 Å². The average molecular weight is 256 g/mol. The Labute approximate surface area is 106 Å². The number of rotatable bonds is 3. The summed E-state index contributed by atoms with van der Waals surface area (Å²) in [7, 11) is 0. The fourth-order valence-corrected chi connectivity index (χ4v) is 2.57. The fourth-order valence-electron chi connectivity index (χ4n) is 2.57. The van der Waals surface area contributed by atoms with Gasteiger partial charge in [-0.3, -0.25) is 0 Å². The van der Waals surface area contributed by atoms with Crippen LogP contribution in [0, 0.1) is 5.92 Å². The molecule has 2 saturated heterocycles. The van der Waals surface area contributed by atoms with Gasteiger partial charge in [0.05, 0.1) is 6.61 Å². The van der Waals surface area contributed by atoms with Crippen molar-refractivity contribution < 1.29 is 19.4 Å². The molecule has 0 bridgehead atoms. The van der Waals surface area contributed by atoms with Gasteiger partial charge in [-0.15, -0.1) is 0 Å². The zero-order valence-electron chi connectivity index (χ0n) is 10.4. The monoisotopic (exact) mass is 256 g/mol. The van der Waals surface area contributed by atoms with Crippen LogP contribution in [0.3, 0.4) is 0 Å². The number of carboxylic acid groups (broad SMARTS) is 1. The molecule has 0 saturated carbocycles. The van der Waals surface area contributed by atoms with E-state index in [-0.39, 0.29) is 6.03 Å². The van der Waals surface area contributed by atoms with Crippen molar-refractivity contribution in [2.75, 3.05) is 26.3 Å². The topological polar surface area (TPSA) is 78.9 Å². The van der Waals surface area contributed by atoms with Crippen LogP contribution in [-0.4, -0.2) is 54.4 Å². The number of hydrogen-bond acceptors (Lipinski definition) is 3. The first-order valence-corrected chi connectivity index (χ1v) is 6.53. The number of nitrogens with one attached hydrogen (secondary N) is 1. The van der Waals surface area contributed by atoms with Gasteiger partial charge in [0.2, 0.25) is 0 Å². The summed E-state index contributed by atoms with van der Waals surface area (Å²) >= 11 is 0. The molecule has 2 fully saturated rings. The molecule has 2 amide bonds. The van der Waals surface area contributed by atoms with Gasteiger partial charge in [-0.05, 0) is 31.6 Å². The molecule has 6 nitrogen and oxygen atoms in total. The molecule has 2 atom stereocenters. The molecule has 0 aromatic rings. The summed E-state index contributed by atoms with van der Waals surface area (Å²) in [6.07, 6.45) is 3.40. The number of aliphatic carboxylic acids is 1. The SMILES string of the molecule is O=C(O)[C@@H]1CCCN1C(=O)NCC1CCCOC1. The predicted octanol–water partition coefficient (Wildman–Crippen LogP) is 0.672. The Morgan fingerprint density at radius 2 is 2.17 bits per heavy atom. The van der Waals surface area contributed by atoms with E-state index in [1.165, 1.54) is 4.90 Å². The molecule has 0 aliphatic carbocycles. The largest absolute Gasteiger partial charge is 0.480 e. The van der Waals surface area contributed by atoms with E-state index in [1.54, 1.807) is 0 Å². The minimum atomic E-state index is -0.913. The molecule has 2 aliphatic heterocycles. The van der Waals surface area contributed by atoms with Crippen molar-refractivity contribution in [3.8, 4) is 0 Å². The van der Waals surface area contributed by atoms with Gasteiger partial charge in [-0.2, -0.15) is 0 Å². The van der Waals surface area contributed by atoms with E-state index in [1.807, 2.05) is 0 Å². The summed E-state index contributed by atoms with van der Waals surface area (Å²) in [4.78, 5) is 24.3. The smallest absolute Gasteiger partial charge is 0.326 e. The maximum Gasteiger partial charge on any atom is 0.326 e. The van der Waals surface area contributed by atoms with E-state index >= 15 is 0 Å². The summed E-state index contributed by atoms with van der Waals surface area (Å²) in [5, 5.41) is 11.8. The molecule has 0 aromatic heterocycles. The van der Waals surface area contributed by atoms with Crippen LogP contribution >= 0.6 is 0 Å². The first-order valence-electron chi connectivity index (χ1n) is 6.53. The van der Waals surface area contributed by atoms with Crippen molar-refractivity contribution in [2.45, 2.75) is 31.7 Å². The first-order chi connectivity index (χ1) is 8.68. The normalized spacial score (nSPS) is 28.1. The van der Waals surface area contributed by atoms with Gasteiger partial charge < -0.3 is 20.1 Å². The summed E-state index contributed by atoms with van der Waals surface area (Å²) in [5.74, 6) is -0.558. The maximum atomic E-state index is 11.9. The molecule has 2 rings (SSSR count). The molecule has 6 heteroatoms. The number of likely N-dealkylation sites (tertiary alicyclic amines) is 1. The molecule has 0 aromatic carbocycles. The number of amides is 2. The molecule has 2 N–H and O–H groups in total. The van der Waals surface area contributed by atoms with Gasteiger partial charge in [-0.1, -0.05) is 0 Å². The Kier molecular flexibility index (Phi) is 4.41. The van der Waals surface area contributed by atoms with Crippen molar-refractivity contribution in [2.24, 2.45) is 5.92 Å². The van der Waals surface area contributed by atoms with Crippen LogP contribution in [0.25, 0.3) is 0 Å². The highest BCUT2D eigenvalue weighted by molar-refractivity contribution is 5.83. The standard InChI is InChI=1S/C12H20N2O4/c15-11(16)10-4-1-5-14(10)12(17)13-7-9-3-2-6-18-8-9/h9-10H,1-8H2,(H,13,17)(H,15,16)/t9?,10-/m0/s1. The van der Waals surface area contributed by atoms with Crippen molar-refractivity contribution in [1.82, 2.24) is 10.2 Å². The Balaban J connectivity index is 1.78. The number of carbonyl (C=O) groups is 2. The second-order valence-corrected chi connectivity index (χ2v) is 4.96. The zero-order valence-corrected chi connectivity index (χ0v) is 10.4.